The van der Waals surface area contributed by atoms with Crippen molar-refractivity contribution in [3.63, 3.8) is 0 Å². The molecule has 1 aromatic heterocycles. The van der Waals surface area contributed by atoms with Crippen LogP contribution in [0.25, 0.3) is 11.3 Å². The number of rotatable bonds is 3. The van der Waals surface area contributed by atoms with E-state index in [9.17, 15) is 4.79 Å². The van der Waals surface area contributed by atoms with Crippen molar-refractivity contribution >= 4 is 5.97 Å². The number of benzene rings is 1. The fourth-order valence-corrected chi connectivity index (χ4v) is 1.29. The third-order valence-corrected chi connectivity index (χ3v) is 1.95. The van der Waals surface area contributed by atoms with E-state index in [1.807, 2.05) is 30.3 Å². The molecule has 0 unspecified atom stereocenters. The van der Waals surface area contributed by atoms with Crippen molar-refractivity contribution in [3.8, 4) is 11.3 Å². The number of aromatic nitrogens is 1. The maximum Gasteiger partial charge on any atom is 0.309 e. The number of carboxylic acid groups (broad SMARTS) is 1. The Bertz CT molecular complexity index is 462. The monoisotopic (exact) mass is 203 g/mol. The number of nitrogens with zero attached hydrogens (tertiary/aromatic N) is 1. The van der Waals surface area contributed by atoms with Gasteiger partial charge in [0, 0.05) is 11.6 Å². The molecule has 4 heteroatoms. The van der Waals surface area contributed by atoms with Gasteiger partial charge in [-0.15, -0.1) is 0 Å². The van der Waals surface area contributed by atoms with E-state index in [1.54, 1.807) is 6.07 Å². The first-order chi connectivity index (χ1) is 7.25. The predicted octanol–water partition coefficient (Wildman–Crippen LogP) is 1.97. The van der Waals surface area contributed by atoms with E-state index in [0.717, 1.165) is 5.56 Å². The van der Waals surface area contributed by atoms with Gasteiger partial charge in [-0.1, -0.05) is 35.5 Å². The van der Waals surface area contributed by atoms with Crippen LogP contribution in [0.2, 0.25) is 0 Å². The minimum absolute atomic E-state index is 0.115. The SMILES string of the molecule is O=C(O)Cc1cc(-c2ccccc2)on1. The van der Waals surface area contributed by atoms with Crippen molar-refractivity contribution in [2.75, 3.05) is 0 Å². The lowest BCUT2D eigenvalue weighted by Crippen LogP contribution is -1.99. The fourth-order valence-electron chi connectivity index (χ4n) is 1.29. The lowest BCUT2D eigenvalue weighted by molar-refractivity contribution is -0.136. The van der Waals surface area contributed by atoms with Gasteiger partial charge in [0.1, 0.15) is 0 Å². The smallest absolute Gasteiger partial charge is 0.309 e. The molecule has 4 nitrogen and oxygen atoms in total. The van der Waals surface area contributed by atoms with Crippen LogP contribution >= 0.6 is 0 Å². The molecule has 0 fully saturated rings. The molecule has 0 atom stereocenters. The average molecular weight is 203 g/mol. The molecule has 0 aliphatic carbocycles. The second-order valence-corrected chi connectivity index (χ2v) is 3.12. The van der Waals surface area contributed by atoms with Crippen LogP contribution in [0, 0.1) is 0 Å². The molecular weight excluding hydrogens is 194 g/mol. The summed E-state index contributed by atoms with van der Waals surface area (Å²) in [6.07, 6.45) is -0.115. The minimum atomic E-state index is -0.914. The summed E-state index contributed by atoms with van der Waals surface area (Å²) in [6, 6.07) is 11.1. The summed E-state index contributed by atoms with van der Waals surface area (Å²) in [6.45, 7) is 0. The number of carboxylic acids is 1. The zero-order valence-corrected chi connectivity index (χ0v) is 7.88. The number of hydrogen-bond acceptors (Lipinski definition) is 3. The Hall–Kier alpha value is -2.10. The lowest BCUT2D eigenvalue weighted by Gasteiger charge is -1.91. The molecule has 0 spiro atoms. The summed E-state index contributed by atoms with van der Waals surface area (Å²) in [5, 5.41) is 12.2. The first kappa shape index (κ1) is 9.45. The molecule has 15 heavy (non-hydrogen) atoms. The van der Waals surface area contributed by atoms with E-state index in [1.165, 1.54) is 0 Å². The predicted molar refractivity (Wildman–Crippen MR) is 53.3 cm³/mol. The van der Waals surface area contributed by atoms with Crippen LogP contribution in [0.1, 0.15) is 5.69 Å². The maximum atomic E-state index is 10.4. The largest absolute Gasteiger partial charge is 0.481 e. The second-order valence-electron chi connectivity index (χ2n) is 3.12. The molecular formula is C11H9NO3. The molecule has 0 radical (unpaired) electrons. The van der Waals surface area contributed by atoms with Crippen LogP contribution in [-0.2, 0) is 11.2 Å². The van der Waals surface area contributed by atoms with Gasteiger partial charge in [-0.05, 0) is 0 Å². The topological polar surface area (TPSA) is 63.3 Å². The third-order valence-electron chi connectivity index (χ3n) is 1.95. The Balaban J connectivity index is 2.24. The molecule has 2 aromatic rings. The Kier molecular flexibility index (Phi) is 2.49. The van der Waals surface area contributed by atoms with Crippen LogP contribution < -0.4 is 0 Å². The quantitative estimate of drug-likeness (QED) is 0.828. The summed E-state index contributed by atoms with van der Waals surface area (Å²) in [4.78, 5) is 10.4. The summed E-state index contributed by atoms with van der Waals surface area (Å²) in [7, 11) is 0. The highest BCUT2D eigenvalue weighted by atomic mass is 16.5. The Labute approximate surface area is 86.1 Å². The van der Waals surface area contributed by atoms with E-state index < -0.39 is 5.97 Å². The van der Waals surface area contributed by atoms with Crippen LogP contribution in [-0.4, -0.2) is 16.2 Å². The molecule has 0 bridgehead atoms. The Morgan fingerprint density at radius 1 is 1.33 bits per heavy atom. The zero-order chi connectivity index (χ0) is 10.7. The normalized spacial score (nSPS) is 10.1. The first-order valence-corrected chi connectivity index (χ1v) is 4.48. The molecule has 1 aromatic carbocycles. The van der Waals surface area contributed by atoms with Gasteiger partial charge in [-0.25, -0.2) is 0 Å². The van der Waals surface area contributed by atoms with Gasteiger partial charge < -0.3 is 9.63 Å². The molecule has 76 valence electrons. The Morgan fingerprint density at radius 3 is 2.73 bits per heavy atom. The van der Waals surface area contributed by atoms with Gasteiger partial charge in [-0.2, -0.15) is 0 Å². The van der Waals surface area contributed by atoms with E-state index in [-0.39, 0.29) is 6.42 Å². The van der Waals surface area contributed by atoms with Crippen molar-refractivity contribution in [2.45, 2.75) is 6.42 Å². The van der Waals surface area contributed by atoms with Gasteiger partial charge >= 0.3 is 5.97 Å². The van der Waals surface area contributed by atoms with Gasteiger partial charge in [0.25, 0.3) is 0 Å². The molecule has 0 aliphatic rings. The van der Waals surface area contributed by atoms with Crippen molar-refractivity contribution in [1.82, 2.24) is 5.16 Å². The molecule has 0 saturated heterocycles. The standard InChI is InChI=1S/C11H9NO3/c13-11(14)7-9-6-10(15-12-9)8-4-2-1-3-5-8/h1-6H,7H2,(H,13,14). The van der Waals surface area contributed by atoms with Crippen molar-refractivity contribution in [1.29, 1.82) is 0 Å². The summed E-state index contributed by atoms with van der Waals surface area (Å²) >= 11 is 0. The van der Waals surface area contributed by atoms with E-state index >= 15 is 0 Å². The van der Waals surface area contributed by atoms with E-state index in [0.29, 0.717) is 11.5 Å². The van der Waals surface area contributed by atoms with Gasteiger partial charge in [0.05, 0.1) is 12.1 Å². The highest BCUT2D eigenvalue weighted by molar-refractivity contribution is 5.70. The molecule has 1 heterocycles. The molecule has 1 N–H and O–H groups in total. The molecule has 2 rings (SSSR count). The lowest BCUT2D eigenvalue weighted by atomic mass is 10.1. The highest BCUT2D eigenvalue weighted by Gasteiger charge is 2.08. The van der Waals surface area contributed by atoms with Crippen molar-refractivity contribution in [2.24, 2.45) is 0 Å². The minimum Gasteiger partial charge on any atom is -0.481 e. The van der Waals surface area contributed by atoms with Crippen LogP contribution in [0.5, 0.6) is 0 Å². The van der Waals surface area contributed by atoms with Gasteiger partial charge in [-0.3, -0.25) is 4.79 Å². The van der Waals surface area contributed by atoms with E-state index in [2.05, 4.69) is 5.16 Å². The number of aliphatic carboxylic acids is 1. The average Bonchev–Trinajstić information content (AvgIpc) is 2.67. The van der Waals surface area contributed by atoms with Crippen LogP contribution in [0.15, 0.2) is 40.9 Å². The van der Waals surface area contributed by atoms with Gasteiger partial charge in [0.15, 0.2) is 5.76 Å². The summed E-state index contributed by atoms with van der Waals surface area (Å²) in [5.74, 6) is -0.324. The maximum absolute atomic E-state index is 10.4. The third kappa shape index (κ3) is 2.22. The number of hydrogen-bond donors (Lipinski definition) is 1. The van der Waals surface area contributed by atoms with Crippen molar-refractivity contribution in [3.05, 3.63) is 42.1 Å². The Morgan fingerprint density at radius 2 is 2.07 bits per heavy atom. The molecule has 0 aliphatic heterocycles. The van der Waals surface area contributed by atoms with Crippen molar-refractivity contribution < 1.29 is 14.4 Å². The van der Waals surface area contributed by atoms with E-state index in [4.69, 9.17) is 9.63 Å². The first-order valence-electron chi connectivity index (χ1n) is 4.48. The zero-order valence-electron chi connectivity index (χ0n) is 7.88. The highest BCUT2D eigenvalue weighted by Crippen LogP contribution is 2.19. The van der Waals surface area contributed by atoms with Crippen LogP contribution in [0.4, 0.5) is 0 Å². The summed E-state index contributed by atoms with van der Waals surface area (Å²) < 4.78 is 5.04. The molecule has 0 amide bonds. The number of carbonyl (C=O) groups is 1. The fraction of sp³-hybridized carbons (Fsp3) is 0.0909. The van der Waals surface area contributed by atoms with Gasteiger partial charge in [0.2, 0.25) is 0 Å². The second kappa shape index (κ2) is 3.96. The van der Waals surface area contributed by atoms with Crippen LogP contribution in [0.3, 0.4) is 0 Å². The molecule has 0 saturated carbocycles. The summed E-state index contributed by atoms with van der Waals surface area (Å²) in [5.41, 5.74) is 1.32.